The second-order valence-electron chi connectivity index (χ2n) is 4.36. The molecule has 2 aromatic carbocycles. The lowest BCUT2D eigenvalue weighted by atomic mass is 10.1. The zero-order valence-corrected chi connectivity index (χ0v) is 11.9. The molecule has 20 heavy (non-hydrogen) atoms. The van der Waals surface area contributed by atoms with Crippen LogP contribution in [0.15, 0.2) is 42.5 Å². The van der Waals surface area contributed by atoms with Crippen LogP contribution in [0.5, 0.6) is 0 Å². The lowest BCUT2D eigenvalue weighted by molar-refractivity contribution is 0.0963. The lowest BCUT2D eigenvalue weighted by Gasteiger charge is -2.11. The minimum absolute atomic E-state index is 0.152. The largest absolute Gasteiger partial charge is 0.397 e. The number of halogens is 1. The molecule has 4 N–H and O–H groups in total. The highest BCUT2D eigenvalue weighted by Gasteiger charge is 2.06. The summed E-state index contributed by atoms with van der Waals surface area (Å²) in [6.45, 7) is 0.640. The van der Waals surface area contributed by atoms with E-state index < -0.39 is 0 Å². The Balaban J connectivity index is 2.06. The number of nitrogens with one attached hydrogen (secondary N) is 2. The Hall–Kier alpha value is -2.20. The number of amides is 1. The standard InChI is InChI=1S/C15H16ClN3O/c1-18-15(20)11-4-7-14(13(17)8-11)19-9-10-2-5-12(16)6-3-10/h2-8,19H,9,17H2,1H3,(H,18,20). The fourth-order valence-corrected chi connectivity index (χ4v) is 1.93. The molecule has 0 radical (unpaired) electrons. The van der Waals surface area contributed by atoms with E-state index in [1.807, 2.05) is 24.3 Å². The molecule has 0 unspecified atom stereocenters. The number of rotatable bonds is 4. The fourth-order valence-electron chi connectivity index (χ4n) is 1.81. The summed E-state index contributed by atoms with van der Waals surface area (Å²) in [6, 6.07) is 12.8. The van der Waals surface area contributed by atoms with Crippen LogP contribution < -0.4 is 16.4 Å². The molecule has 0 saturated carbocycles. The van der Waals surface area contributed by atoms with Gasteiger partial charge >= 0.3 is 0 Å². The third kappa shape index (κ3) is 3.42. The molecule has 0 bridgehead atoms. The highest BCUT2D eigenvalue weighted by Crippen LogP contribution is 2.21. The van der Waals surface area contributed by atoms with Crippen molar-refractivity contribution >= 4 is 28.9 Å². The van der Waals surface area contributed by atoms with Crippen LogP contribution in [-0.2, 0) is 6.54 Å². The SMILES string of the molecule is CNC(=O)c1ccc(NCc2ccc(Cl)cc2)c(N)c1. The molecule has 0 saturated heterocycles. The Morgan fingerprint density at radius 1 is 1.20 bits per heavy atom. The molecule has 0 aliphatic rings. The molecule has 0 atom stereocenters. The summed E-state index contributed by atoms with van der Waals surface area (Å²) in [6.07, 6.45) is 0. The summed E-state index contributed by atoms with van der Waals surface area (Å²) in [5, 5.41) is 6.51. The van der Waals surface area contributed by atoms with Gasteiger partial charge in [0.1, 0.15) is 0 Å². The molecule has 2 aromatic rings. The molecule has 0 heterocycles. The van der Waals surface area contributed by atoms with E-state index in [-0.39, 0.29) is 5.91 Å². The van der Waals surface area contributed by atoms with Crippen LogP contribution in [-0.4, -0.2) is 13.0 Å². The van der Waals surface area contributed by atoms with Crippen LogP contribution in [0.3, 0.4) is 0 Å². The van der Waals surface area contributed by atoms with Crippen LogP contribution in [0.2, 0.25) is 5.02 Å². The van der Waals surface area contributed by atoms with Gasteiger partial charge in [-0.2, -0.15) is 0 Å². The van der Waals surface area contributed by atoms with E-state index in [2.05, 4.69) is 10.6 Å². The van der Waals surface area contributed by atoms with E-state index in [1.54, 1.807) is 25.2 Å². The van der Waals surface area contributed by atoms with E-state index in [1.165, 1.54) is 0 Å². The molecule has 1 amide bonds. The van der Waals surface area contributed by atoms with Gasteiger partial charge in [0.25, 0.3) is 5.91 Å². The zero-order chi connectivity index (χ0) is 14.5. The Morgan fingerprint density at radius 2 is 1.90 bits per heavy atom. The van der Waals surface area contributed by atoms with E-state index in [9.17, 15) is 4.79 Å². The molecule has 0 aromatic heterocycles. The first-order chi connectivity index (χ1) is 9.60. The summed E-state index contributed by atoms with van der Waals surface area (Å²) in [7, 11) is 1.59. The molecule has 0 aliphatic carbocycles. The average Bonchev–Trinajstić information content (AvgIpc) is 2.46. The third-order valence-corrected chi connectivity index (χ3v) is 3.19. The second kappa shape index (κ2) is 6.30. The average molecular weight is 290 g/mol. The number of anilines is 2. The molecule has 0 aliphatic heterocycles. The van der Waals surface area contributed by atoms with Gasteiger partial charge in [-0.3, -0.25) is 4.79 Å². The van der Waals surface area contributed by atoms with Crippen LogP contribution in [0.1, 0.15) is 15.9 Å². The number of benzene rings is 2. The number of nitrogens with two attached hydrogens (primary N) is 1. The number of hydrogen-bond donors (Lipinski definition) is 3. The van der Waals surface area contributed by atoms with E-state index >= 15 is 0 Å². The summed E-state index contributed by atoms with van der Waals surface area (Å²) in [5.74, 6) is -0.152. The molecular formula is C15H16ClN3O. The van der Waals surface area contributed by atoms with Crippen molar-refractivity contribution in [2.75, 3.05) is 18.1 Å². The Kier molecular flexibility index (Phi) is 4.48. The normalized spacial score (nSPS) is 10.1. The predicted molar refractivity (Wildman–Crippen MR) is 83.0 cm³/mol. The predicted octanol–water partition coefficient (Wildman–Crippen LogP) is 2.89. The molecule has 0 spiro atoms. The van der Waals surface area contributed by atoms with Gasteiger partial charge in [0.05, 0.1) is 11.4 Å². The fraction of sp³-hybridized carbons (Fsp3) is 0.133. The summed E-state index contributed by atoms with van der Waals surface area (Å²) >= 11 is 5.84. The number of hydrogen-bond acceptors (Lipinski definition) is 3. The molecule has 104 valence electrons. The maximum Gasteiger partial charge on any atom is 0.251 e. The van der Waals surface area contributed by atoms with Gasteiger partial charge in [0, 0.05) is 24.2 Å². The van der Waals surface area contributed by atoms with Crippen LogP contribution >= 0.6 is 11.6 Å². The van der Waals surface area contributed by atoms with Crippen molar-refractivity contribution in [2.45, 2.75) is 6.54 Å². The van der Waals surface area contributed by atoms with E-state index in [4.69, 9.17) is 17.3 Å². The molecule has 2 rings (SSSR count). The lowest BCUT2D eigenvalue weighted by Crippen LogP contribution is -2.18. The smallest absolute Gasteiger partial charge is 0.251 e. The Bertz CT molecular complexity index is 611. The Morgan fingerprint density at radius 3 is 2.50 bits per heavy atom. The highest BCUT2D eigenvalue weighted by atomic mass is 35.5. The monoisotopic (exact) mass is 289 g/mol. The maximum absolute atomic E-state index is 11.5. The van der Waals surface area contributed by atoms with Crippen LogP contribution in [0, 0.1) is 0 Å². The van der Waals surface area contributed by atoms with Crippen molar-refractivity contribution in [3.63, 3.8) is 0 Å². The van der Waals surface area contributed by atoms with Crippen molar-refractivity contribution in [1.29, 1.82) is 0 Å². The first-order valence-electron chi connectivity index (χ1n) is 6.20. The third-order valence-electron chi connectivity index (χ3n) is 2.94. The molecular weight excluding hydrogens is 274 g/mol. The second-order valence-corrected chi connectivity index (χ2v) is 4.80. The van der Waals surface area contributed by atoms with E-state index in [0.29, 0.717) is 22.8 Å². The maximum atomic E-state index is 11.5. The first kappa shape index (κ1) is 14.2. The quantitative estimate of drug-likeness (QED) is 0.758. The topological polar surface area (TPSA) is 67.2 Å². The van der Waals surface area contributed by atoms with Gasteiger partial charge in [0.2, 0.25) is 0 Å². The van der Waals surface area contributed by atoms with Crippen LogP contribution in [0.4, 0.5) is 11.4 Å². The number of nitrogen functional groups attached to an aromatic ring is 1. The van der Waals surface area contributed by atoms with Crippen LogP contribution in [0.25, 0.3) is 0 Å². The van der Waals surface area contributed by atoms with Gasteiger partial charge in [-0.25, -0.2) is 0 Å². The minimum Gasteiger partial charge on any atom is -0.397 e. The summed E-state index contributed by atoms with van der Waals surface area (Å²) in [5.41, 5.74) is 8.92. The van der Waals surface area contributed by atoms with Gasteiger partial charge < -0.3 is 16.4 Å². The zero-order valence-electron chi connectivity index (χ0n) is 11.1. The van der Waals surface area contributed by atoms with Crippen molar-refractivity contribution < 1.29 is 4.79 Å². The minimum atomic E-state index is -0.152. The van der Waals surface area contributed by atoms with Crippen molar-refractivity contribution in [3.05, 3.63) is 58.6 Å². The van der Waals surface area contributed by atoms with Gasteiger partial charge in [0.15, 0.2) is 0 Å². The summed E-state index contributed by atoms with van der Waals surface area (Å²) < 4.78 is 0. The Labute approximate surface area is 122 Å². The van der Waals surface area contributed by atoms with Gasteiger partial charge in [-0.15, -0.1) is 0 Å². The summed E-state index contributed by atoms with van der Waals surface area (Å²) in [4.78, 5) is 11.5. The van der Waals surface area contributed by atoms with Crippen molar-refractivity contribution in [1.82, 2.24) is 5.32 Å². The molecule has 4 nitrogen and oxygen atoms in total. The van der Waals surface area contributed by atoms with E-state index in [0.717, 1.165) is 11.3 Å². The number of carbonyl (C=O) groups excluding carboxylic acids is 1. The van der Waals surface area contributed by atoms with Gasteiger partial charge in [-0.1, -0.05) is 23.7 Å². The number of carbonyl (C=O) groups is 1. The van der Waals surface area contributed by atoms with Gasteiger partial charge in [-0.05, 0) is 35.9 Å². The molecule has 5 heteroatoms. The highest BCUT2D eigenvalue weighted by molar-refractivity contribution is 6.30. The van der Waals surface area contributed by atoms with Crippen molar-refractivity contribution in [3.8, 4) is 0 Å². The first-order valence-corrected chi connectivity index (χ1v) is 6.58. The molecule has 0 fully saturated rings. The van der Waals surface area contributed by atoms with Crippen molar-refractivity contribution in [2.24, 2.45) is 0 Å².